The maximum Gasteiger partial charge on any atom is 0.296 e. The third kappa shape index (κ3) is 12.5. The Balaban J connectivity index is 1.84. The Morgan fingerprint density at radius 3 is 1.75 bits per heavy atom. The van der Waals surface area contributed by atoms with Gasteiger partial charge in [-0.3, -0.25) is 18.2 Å². The predicted octanol–water partition coefficient (Wildman–Crippen LogP) is 2.72. The molecular weight excluding hydrogens is 874 g/mol. The summed E-state index contributed by atoms with van der Waals surface area (Å²) in [4.78, 5) is 9.51. The molecule has 0 aliphatic rings. The standard InChI is InChI=1S/C25H26ClN11O14S5/c26-23-31-24(29-5-6-53(40,41)42)33-25(32-23)30-18-10-20(37-35-17-11-21(55(46,47)48)16(28)9-15(17)27)22(56(49,50)51)12-19(18)36-34-13-1-3-14(4-2-13)52(38,39)7-8-54(43,44)45/h1-4,9-12H,5-8,27-28H2,(H,40,41,42)(H,43,44,45)(H,46,47,48)(H,49,50,51)(H2,29,30,31,32,33). The molecular formula is C25H26ClN11O14S5. The molecule has 0 bridgehead atoms. The van der Waals surface area contributed by atoms with Gasteiger partial charge in [-0.25, -0.2) is 8.42 Å². The van der Waals surface area contributed by atoms with Crippen LogP contribution in [-0.4, -0.2) is 99.1 Å². The normalized spacial score (nSPS) is 13.0. The third-order valence-corrected chi connectivity index (χ3v) is 12.0. The fraction of sp³-hybridized carbons (Fsp3) is 0.160. The first-order chi connectivity index (χ1) is 25.7. The summed E-state index contributed by atoms with van der Waals surface area (Å²) in [5, 5.41) is 20.1. The molecule has 31 heteroatoms. The van der Waals surface area contributed by atoms with E-state index in [-0.39, 0.29) is 34.5 Å². The summed E-state index contributed by atoms with van der Waals surface area (Å²) in [6.45, 7) is -0.389. The second-order valence-electron chi connectivity index (χ2n) is 10.8. The molecule has 0 atom stereocenters. The molecule has 1 aromatic heterocycles. The Morgan fingerprint density at radius 2 is 1.16 bits per heavy atom. The molecule has 0 amide bonds. The molecule has 0 spiro atoms. The van der Waals surface area contributed by atoms with Crippen LogP contribution < -0.4 is 22.1 Å². The van der Waals surface area contributed by atoms with Crippen molar-refractivity contribution in [1.82, 2.24) is 15.0 Å². The second-order valence-corrected chi connectivity index (χ2v) is 19.2. The molecule has 1 heterocycles. The number of halogens is 1. The van der Waals surface area contributed by atoms with Gasteiger partial charge in [-0.15, -0.1) is 15.3 Å². The van der Waals surface area contributed by atoms with Crippen molar-refractivity contribution < 1.29 is 60.3 Å². The van der Waals surface area contributed by atoms with Gasteiger partial charge < -0.3 is 22.1 Å². The molecule has 0 fully saturated rings. The highest BCUT2D eigenvalue weighted by Gasteiger charge is 2.23. The molecule has 0 aliphatic heterocycles. The summed E-state index contributed by atoms with van der Waals surface area (Å²) in [6.07, 6.45) is 0. The SMILES string of the molecule is Nc1cc(N)c(S(=O)(=O)O)cc1N=Nc1cc(Nc2nc(Cl)nc(NCCS(=O)(=O)O)n2)c(N=Nc2ccc(S(=O)(=O)CCS(=O)(=O)O)cc2)cc1S(=O)(=O)O. The van der Waals surface area contributed by atoms with Gasteiger partial charge in [0.15, 0.2) is 9.84 Å². The van der Waals surface area contributed by atoms with Crippen molar-refractivity contribution in [3.8, 4) is 0 Å². The Morgan fingerprint density at radius 1 is 0.607 bits per heavy atom. The highest BCUT2D eigenvalue weighted by molar-refractivity contribution is 7.93. The summed E-state index contributed by atoms with van der Waals surface area (Å²) in [5.74, 6) is -3.47. The minimum absolute atomic E-state index is 0.0520. The largest absolute Gasteiger partial charge is 0.398 e. The molecule has 0 unspecified atom stereocenters. The Bertz CT molecular complexity index is 2810. The van der Waals surface area contributed by atoms with E-state index < -0.39 is 111 Å². The number of nitrogens with one attached hydrogen (secondary N) is 2. The average molecular weight is 900 g/mol. The molecule has 0 radical (unpaired) electrons. The van der Waals surface area contributed by atoms with Crippen LogP contribution in [0.5, 0.6) is 0 Å². The van der Waals surface area contributed by atoms with Crippen molar-refractivity contribution in [3.63, 3.8) is 0 Å². The molecule has 56 heavy (non-hydrogen) atoms. The predicted molar refractivity (Wildman–Crippen MR) is 198 cm³/mol. The van der Waals surface area contributed by atoms with Gasteiger partial charge >= 0.3 is 0 Å². The molecule has 4 rings (SSSR count). The molecule has 302 valence electrons. The zero-order valence-electron chi connectivity index (χ0n) is 27.5. The quantitative estimate of drug-likeness (QED) is 0.0455. The maximum absolute atomic E-state index is 12.5. The smallest absolute Gasteiger partial charge is 0.296 e. The summed E-state index contributed by atoms with van der Waals surface area (Å²) in [6, 6.07) is 7.64. The summed E-state index contributed by atoms with van der Waals surface area (Å²) in [5.41, 5.74) is 8.90. The fourth-order valence-electron chi connectivity index (χ4n) is 4.11. The Hall–Kier alpha value is -5.05. The van der Waals surface area contributed by atoms with Gasteiger partial charge in [-0.05, 0) is 60.1 Å². The van der Waals surface area contributed by atoms with Crippen LogP contribution in [0.1, 0.15) is 0 Å². The molecule has 0 aliphatic carbocycles. The maximum atomic E-state index is 12.5. The molecule has 0 saturated carbocycles. The molecule has 0 saturated heterocycles. The van der Waals surface area contributed by atoms with Gasteiger partial charge in [-0.2, -0.15) is 53.7 Å². The second kappa shape index (κ2) is 16.6. The third-order valence-electron chi connectivity index (χ3n) is 6.63. The van der Waals surface area contributed by atoms with E-state index in [2.05, 4.69) is 46.0 Å². The summed E-state index contributed by atoms with van der Waals surface area (Å²) in [7, 11) is -23.2. The highest BCUT2D eigenvalue weighted by atomic mass is 35.5. The van der Waals surface area contributed by atoms with Crippen molar-refractivity contribution in [1.29, 1.82) is 0 Å². The lowest BCUT2D eigenvalue weighted by atomic mass is 10.2. The van der Waals surface area contributed by atoms with Gasteiger partial charge in [0.05, 0.1) is 44.9 Å². The van der Waals surface area contributed by atoms with Gasteiger partial charge in [0.25, 0.3) is 40.5 Å². The van der Waals surface area contributed by atoms with E-state index in [1.807, 2.05) is 0 Å². The van der Waals surface area contributed by atoms with E-state index in [0.29, 0.717) is 0 Å². The number of nitrogens with zero attached hydrogens (tertiary/aromatic N) is 7. The lowest BCUT2D eigenvalue weighted by Gasteiger charge is -2.12. The van der Waals surface area contributed by atoms with Gasteiger partial charge in [0.2, 0.25) is 17.2 Å². The number of hydrogen-bond donors (Lipinski definition) is 8. The zero-order valence-corrected chi connectivity index (χ0v) is 32.4. The van der Waals surface area contributed by atoms with E-state index in [1.54, 1.807) is 0 Å². The first-order valence-corrected chi connectivity index (χ1v) is 22.6. The van der Waals surface area contributed by atoms with E-state index in [1.165, 1.54) is 0 Å². The van der Waals surface area contributed by atoms with E-state index in [0.717, 1.165) is 48.5 Å². The number of nitrogens with two attached hydrogens (primary N) is 2. The monoisotopic (exact) mass is 899 g/mol. The number of benzene rings is 3. The van der Waals surface area contributed by atoms with Crippen LogP contribution >= 0.6 is 11.6 Å². The highest BCUT2D eigenvalue weighted by Crippen LogP contribution is 2.40. The summed E-state index contributed by atoms with van der Waals surface area (Å²) < 4.78 is 155. The van der Waals surface area contributed by atoms with Crippen LogP contribution in [-0.2, 0) is 50.3 Å². The number of rotatable bonds is 16. The fourth-order valence-corrected chi connectivity index (χ4v) is 8.38. The molecule has 3 aromatic carbocycles. The molecule has 10 N–H and O–H groups in total. The molecule has 4 aromatic rings. The first kappa shape index (κ1) is 43.7. The Kier molecular flexibility index (Phi) is 12.9. The summed E-state index contributed by atoms with van der Waals surface area (Å²) >= 11 is 5.99. The van der Waals surface area contributed by atoms with E-state index >= 15 is 0 Å². The number of aromatic nitrogens is 3. The van der Waals surface area contributed by atoms with E-state index in [9.17, 15) is 51.2 Å². The number of sulfone groups is 1. The number of hydrogen-bond acceptors (Lipinski definition) is 21. The van der Waals surface area contributed by atoms with Crippen LogP contribution in [0.2, 0.25) is 5.28 Å². The van der Waals surface area contributed by atoms with Crippen molar-refractivity contribution in [2.24, 2.45) is 20.5 Å². The lowest BCUT2D eigenvalue weighted by molar-refractivity contribution is 0.481. The average Bonchev–Trinajstić information content (AvgIpc) is 3.04. The van der Waals surface area contributed by atoms with Gasteiger partial charge in [0, 0.05) is 6.54 Å². The lowest BCUT2D eigenvalue weighted by Crippen LogP contribution is -2.16. The van der Waals surface area contributed by atoms with Crippen molar-refractivity contribution in [3.05, 3.63) is 53.8 Å². The van der Waals surface area contributed by atoms with Crippen LogP contribution in [0, 0.1) is 0 Å². The first-order valence-electron chi connectivity index (χ1n) is 14.5. The number of anilines is 5. The van der Waals surface area contributed by atoms with Crippen LogP contribution in [0.3, 0.4) is 0 Å². The number of nitrogen functional groups attached to an aromatic ring is 2. The van der Waals surface area contributed by atoms with Crippen LogP contribution in [0.15, 0.2) is 83.7 Å². The topological polar surface area (TPSA) is 416 Å². The van der Waals surface area contributed by atoms with Crippen molar-refractivity contribution >= 4 is 114 Å². The van der Waals surface area contributed by atoms with E-state index in [4.69, 9.17) is 32.2 Å². The van der Waals surface area contributed by atoms with Crippen molar-refractivity contribution in [2.45, 2.75) is 14.7 Å². The van der Waals surface area contributed by atoms with Crippen LogP contribution in [0.25, 0.3) is 0 Å². The minimum atomic E-state index is -5.19. The van der Waals surface area contributed by atoms with Gasteiger partial charge in [0.1, 0.15) is 26.9 Å². The number of azo groups is 2. The zero-order chi connectivity index (χ0) is 41.9. The van der Waals surface area contributed by atoms with Gasteiger partial charge in [-0.1, -0.05) is 0 Å². The Labute approximate surface area is 322 Å². The van der Waals surface area contributed by atoms with Crippen molar-refractivity contribution in [2.75, 3.05) is 45.9 Å². The molecule has 25 nitrogen and oxygen atoms in total. The minimum Gasteiger partial charge on any atom is -0.398 e. The van der Waals surface area contributed by atoms with Crippen LogP contribution in [0.4, 0.5) is 51.7 Å².